The third-order valence-electron chi connectivity index (χ3n) is 4.88. The quantitative estimate of drug-likeness (QED) is 0.751. The van der Waals surface area contributed by atoms with Crippen LogP contribution >= 0.6 is 11.3 Å². The Balaban J connectivity index is 1.57. The van der Waals surface area contributed by atoms with E-state index in [1.165, 1.54) is 0 Å². The Labute approximate surface area is 153 Å². The Hall–Kier alpha value is -2.35. The van der Waals surface area contributed by atoms with E-state index in [4.69, 9.17) is 0 Å². The Morgan fingerprint density at radius 2 is 2.27 bits per heavy atom. The third kappa shape index (κ3) is 2.98. The maximum atomic E-state index is 14.2. The lowest BCUT2D eigenvalue weighted by Crippen LogP contribution is -2.53. The van der Waals surface area contributed by atoms with Crippen molar-refractivity contribution in [1.29, 1.82) is 0 Å². The van der Waals surface area contributed by atoms with E-state index < -0.39 is 17.9 Å². The fraction of sp³-hybridized carbons (Fsp3) is 0.389. The van der Waals surface area contributed by atoms with Gasteiger partial charge in [0.15, 0.2) is 5.01 Å². The van der Waals surface area contributed by atoms with E-state index in [1.54, 1.807) is 23.0 Å². The number of hydrogen-bond donors (Lipinski definition) is 1. The number of nitrogens with one attached hydrogen (secondary N) is 1. The predicted molar refractivity (Wildman–Crippen MR) is 95.5 cm³/mol. The van der Waals surface area contributed by atoms with Gasteiger partial charge in [-0.05, 0) is 30.9 Å². The summed E-state index contributed by atoms with van der Waals surface area (Å²) in [5, 5.41) is 8.70. The van der Waals surface area contributed by atoms with Crippen molar-refractivity contribution >= 4 is 22.8 Å². The number of pyridine rings is 1. The molecule has 3 aromatic rings. The van der Waals surface area contributed by atoms with E-state index in [1.807, 2.05) is 24.4 Å². The lowest BCUT2D eigenvalue weighted by atomic mass is 9.83. The van der Waals surface area contributed by atoms with Crippen molar-refractivity contribution in [1.82, 2.24) is 19.9 Å². The molecule has 2 atom stereocenters. The molecule has 136 valence electrons. The summed E-state index contributed by atoms with van der Waals surface area (Å²) in [5.74, 6) is -3.69. The molecule has 0 aromatic carbocycles. The van der Waals surface area contributed by atoms with Gasteiger partial charge in [0.2, 0.25) is 0 Å². The minimum absolute atomic E-state index is 0.184. The summed E-state index contributed by atoms with van der Waals surface area (Å²) in [4.78, 5) is 16.8. The highest BCUT2D eigenvalue weighted by Crippen LogP contribution is 2.37. The number of amides is 1. The molecule has 8 heteroatoms. The molecular formula is C18H18F2N4OS. The molecule has 0 saturated heterocycles. The number of rotatable bonds is 3. The van der Waals surface area contributed by atoms with Crippen molar-refractivity contribution in [3.8, 4) is 11.3 Å². The van der Waals surface area contributed by atoms with Crippen molar-refractivity contribution in [3.05, 3.63) is 41.0 Å². The van der Waals surface area contributed by atoms with Crippen LogP contribution in [0.2, 0.25) is 0 Å². The van der Waals surface area contributed by atoms with Gasteiger partial charge in [0.25, 0.3) is 11.8 Å². The zero-order chi connectivity index (χ0) is 18.3. The number of thiazole rings is 1. The second-order valence-corrected chi connectivity index (χ2v) is 7.57. The monoisotopic (exact) mass is 376 g/mol. The number of nitrogens with zero attached hydrogens (tertiary/aromatic N) is 3. The van der Waals surface area contributed by atoms with Crippen molar-refractivity contribution in [3.63, 3.8) is 0 Å². The van der Waals surface area contributed by atoms with E-state index in [0.717, 1.165) is 22.4 Å². The van der Waals surface area contributed by atoms with Gasteiger partial charge in [0.1, 0.15) is 0 Å². The lowest BCUT2D eigenvalue weighted by Gasteiger charge is -2.36. The largest absolute Gasteiger partial charge is 0.341 e. The molecule has 3 heterocycles. The van der Waals surface area contributed by atoms with Gasteiger partial charge in [0.05, 0.1) is 23.4 Å². The maximum Gasteiger partial charge on any atom is 0.280 e. The highest BCUT2D eigenvalue weighted by molar-refractivity contribution is 7.12. The summed E-state index contributed by atoms with van der Waals surface area (Å²) in [7, 11) is 0. The second-order valence-electron chi connectivity index (χ2n) is 6.71. The molecule has 1 aliphatic carbocycles. The van der Waals surface area contributed by atoms with Crippen LogP contribution in [0.25, 0.3) is 16.8 Å². The van der Waals surface area contributed by atoms with Crippen LogP contribution in [0.5, 0.6) is 0 Å². The molecule has 5 nitrogen and oxygen atoms in total. The number of alkyl halides is 2. The van der Waals surface area contributed by atoms with Crippen LogP contribution in [-0.2, 0) is 0 Å². The molecule has 3 aromatic heterocycles. The van der Waals surface area contributed by atoms with Crippen LogP contribution in [0.3, 0.4) is 0 Å². The van der Waals surface area contributed by atoms with Crippen LogP contribution in [-0.4, -0.2) is 32.5 Å². The lowest BCUT2D eigenvalue weighted by molar-refractivity contribution is -0.0784. The smallest absolute Gasteiger partial charge is 0.280 e. The molecule has 1 saturated carbocycles. The summed E-state index contributed by atoms with van der Waals surface area (Å²) < 4.78 is 30.0. The number of carbonyl (C=O) groups is 1. The average Bonchev–Trinajstić information content (AvgIpc) is 3.24. The third-order valence-corrected chi connectivity index (χ3v) is 5.72. The zero-order valence-electron chi connectivity index (χ0n) is 14.2. The summed E-state index contributed by atoms with van der Waals surface area (Å²) in [6, 6.07) is 4.53. The Morgan fingerprint density at radius 3 is 3.08 bits per heavy atom. The molecule has 0 bridgehead atoms. The van der Waals surface area contributed by atoms with E-state index in [-0.39, 0.29) is 17.3 Å². The summed E-state index contributed by atoms with van der Waals surface area (Å²) in [5.41, 5.74) is 2.29. The fourth-order valence-electron chi connectivity index (χ4n) is 3.48. The van der Waals surface area contributed by atoms with Crippen molar-refractivity contribution < 1.29 is 13.6 Å². The van der Waals surface area contributed by atoms with Crippen molar-refractivity contribution in [2.45, 2.75) is 38.2 Å². The molecule has 1 fully saturated rings. The van der Waals surface area contributed by atoms with Crippen LogP contribution in [0.4, 0.5) is 8.78 Å². The predicted octanol–water partition coefficient (Wildman–Crippen LogP) is 4.01. The number of halogens is 2. The molecule has 26 heavy (non-hydrogen) atoms. The van der Waals surface area contributed by atoms with Gasteiger partial charge in [-0.3, -0.25) is 4.79 Å². The minimum atomic E-state index is -2.88. The minimum Gasteiger partial charge on any atom is -0.341 e. The van der Waals surface area contributed by atoms with Gasteiger partial charge < -0.3 is 5.32 Å². The highest BCUT2D eigenvalue weighted by atomic mass is 32.1. The SMILES string of the molecule is C[C@H]1CCCC(F)(F)[C@@H]1NC(=O)c1nc(-c2cnn3ccccc23)cs1. The first-order chi connectivity index (χ1) is 12.5. The topological polar surface area (TPSA) is 59.3 Å². The zero-order valence-corrected chi connectivity index (χ0v) is 15.0. The highest BCUT2D eigenvalue weighted by Gasteiger charge is 2.46. The molecule has 0 spiro atoms. The Kier molecular flexibility index (Phi) is 4.22. The normalized spacial score (nSPS) is 22.4. The number of aromatic nitrogens is 3. The number of fused-ring (bicyclic) bond motifs is 1. The maximum absolute atomic E-state index is 14.2. The van der Waals surface area contributed by atoms with Crippen molar-refractivity contribution in [2.75, 3.05) is 0 Å². The molecule has 0 aliphatic heterocycles. The van der Waals surface area contributed by atoms with Gasteiger partial charge in [-0.1, -0.05) is 13.0 Å². The number of carbonyl (C=O) groups excluding carboxylic acids is 1. The van der Waals surface area contributed by atoms with Crippen LogP contribution in [0.15, 0.2) is 36.0 Å². The first-order valence-corrected chi connectivity index (χ1v) is 9.40. The van der Waals surface area contributed by atoms with Crippen LogP contribution in [0.1, 0.15) is 36.0 Å². The molecule has 0 unspecified atom stereocenters. The molecule has 4 rings (SSSR count). The molecular weight excluding hydrogens is 358 g/mol. The summed E-state index contributed by atoms with van der Waals surface area (Å²) >= 11 is 1.15. The van der Waals surface area contributed by atoms with E-state index >= 15 is 0 Å². The molecule has 0 radical (unpaired) electrons. The van der Waals surface area contributed by atoms with Crippen LogP contribution < -0.4 is 5.32 Å². The van der Waals surface area contributed by atoms with Gasteiger partial charge in [-0.15, -0.1) is 11.3 Å². The summed E-state index contributed by atoms with van der Waals surface area (Å²) in [6.45, 7) is 1.75. The Bertz CT molecular complexity index is 951. The van der Waals surface area contributed by atoms with Gasteiger partial charge >= 0.3 is 0 Å². The molecule has 1 aliphatic rings. The first-order valence-electron chi connectivity index (χ1n) is 8.52. The Morgan fingerprint density at radius 1 is 1.42 bits per heavy atom. The van der Waals surface area contributed by atoms with Crippen LogP contribution in [0, 0.1) is 5.92 Å². The van der Waals surface area contributed by atoms with Crippen molar-refractivity contribution in [2.24, 2.45) is 5.92 Å². The average molecular weight is 376 g/mol. The standard InChI is InChI=1S/C18H18F2N4OS/c1-11-5-4-7-18(19,20)15(11)23-16(25)17-22-13(10-26-17)12-9-21-24-8-3-2-6-14(12)24/h2-3,6,8-11,15H,4-5,7H2,1H3,(H,23,25)/t11-,15+/m0/s1. The fourth-order valence-corrected chi connectivity index (χ4v) is 4.20. The van der Waals surface area contributed by atoms with E-state index in [2.05, 4.69) is 15.4 Å². The molecule has 1 amide bonds. The van der Waals surface area contributed by atoms with Gasteiger partial charge in [-0.2, -0.15) is 5.10 Å². The van der Waals surface area contributed by atoms with Gasteiger partial charge in [-0.25, -0.2) is 18.3 Å². The first kappa shape index (κ1) is 17.1. The molecule has 1 N–H and O–H groups in total. The van der Waals surface area contributed by atoms with E-state index in [9.17, 15) is 13.6 Å². The number of hydrogen-bond acceptors (Lipinski definition) is 4. The second kappa shape index (κ2) is 6.42. The van der Waals surface area contributed by atoms with Gasteiger partial charge in [0, 0.05) is 23.6 Å². The van der Waals surface area contributed by atoms with E-state index in [0.29, 0.717) is 18.5 Å². The summed E-state index contributed by atoms with van der Waals surface area (Å²) in [6.07, 6.45) is 4.49.